The zero-order chi connectivity index (χ0) is 13.1. The van der Waals surface area contributed by atoms with Crippen LogP contribution >= 0.6 is 0 Å². The summed E-state index contributed by atoms with van der Waals surface area (Å²) in [4.78, 5) is 11.9. The maximum atomic E-state index is 11.9. The maximum Gasteiger partial charge on any atom is 0.237 e. The van der Waals surface area contributed by atoms with Crippen LogP contribution < -0.4 is 11.1 Å². The Labute approximate surface area is 104 Å². The van der Waals surface area contributed by atoms with Crippen LogP contribution in [-0.2, 0) is 4.79 Å². The topological polar surface area (TPSA) is 75.4 Å². The molecule has 0 radical (unpaired) electrons. The van der Waals surface area contributed by atoms with E-state index in [-0.39, 0.29) is 24.0 Å². The van der Waals surface area contributed by atoms with Crippen LogP contribution in [0.25, 0.3) is 0 Å². The monoisotopic (exact) mass is 242 g/mol. The molecule has 0 aromatic rings. The van der Waals surface area contributed by atoms with Crippen LogP contribution in [0.1, 0.15) is 46.5 Å². The van der Waals surface area contributed by atoms with Gasteiger partial charge in [0.1, 0.15) is 0 Å². The van der Waals surface area contributed by atoms with Gasteiger partial charge >= 0.3 is 0 Å². The second kappa shape index (κ2) is 5.83. The van der Waals surface area contributed by atoms with Gasteiger partial charge in [0.15, 0.2) is 0 Å². The van der Waals surface area contributed by atoms with E-state index in [2.05, 4.69) is 5.32 Å². The molecule has 0 heterocycles. The van der Waals surface area contributed by atoms with Crippen molar-refractivity contribution in [2.75, 3.05) is 6.61 Å². The van der Waals surface area contributed by atoms with Gasteiger partial charge in [-0.15, -0.1) is 0 Å². The molecule has 1 atom stereocenters. The van der Waals surface area contributed by atoms with Crippen molar-refractivity contribution in [2.24, 2.45) is 17.1 Å². The van der Waals surface area contributed by atoms with Crippen molar-refractivity contribution in [1.82, 2.24) is 5.32 Å². The second-order valence-electron chi connectivity index (χ2n) is 6.25. The molecule has 0 spiro atoms. The molecule has 0 aliphatic heterocycles. The Hall–Kier alpha value is -0.610. The van der Waals surface area contributed by atoms with Gasteiger partial charge < -0.3 is 16.2 Å². The van der Waals surface area contributed by atoms with E-state index in [1.807, 2.05) is 20.8 Å². The normalized spacial score (nSPS) is 27.6. The zero-order valence-corrected chi connectivity index (χ0v) is 11.2. The summed E-state index contributed by atoms with van der Waals surface area (Å²) >= 11 is 0. The van der Waals surface area contributed by atoms with Gasteiger partial charge in [-0.2, -0.15) is 0 Å². The highest BCUT2D eigenvalue weighted by molar-refractivity contribution is 5.82. The highest BCUT2D eigenvalue weighted by atomic mass is 16.3. The number of nitrogens with one attached hydrogen (secondary N) is 1. The summed E-state index contributed by atoms with van der Waals surface area (Å²) in [6.45, 7) is 6.18. The number of carbonyl (C=O) groups excluding carboxylic acids is 1. The van der Waals surface area contributed by atoms with E-state index in [9.17, 15) is 4.79 Å². The fourth-order valence-electron chi connectivity index (χ4n) is 2.17. The van der Waals surface area contributed by atoms with Gasteiger partial charge in [-0.3, -0.25) is 4.79 Å². The van der Waals surface area contributed by atoms with Crippen molar-refractivity contribution in [1.29, 1.82) is 0 Å². The molecule has 17 heavy (non-hydrogen) atoms. The van der Waals surface area contributed by atoms with Gasteiger partial charge in [-0.05, 0) is 37.0 Å². The lowest BCUT2D eigenvalue weighted by Crippen LogP contribution is -2.52. The van der Waals surface area contributed by atoms with E-state index in [0.29, 0.717) is 5.92 Å². The summed E-state index contributed by atoms with van der Waals surface area (Å²) in [7, 11) is 0. The molecule has 0 aromatic carbocycles. The van der Waals surface area contributed by atoms with Crippen molar-refractivity contribution in [2.45, 2.75) is 58.5 Å². The van der Waals surface area contributed by atoms with E-state index < -0.39 is 6.04 Å². The molecule has 0 saturated heterocycles. The summed E-state index contributed by atoms with van der Waals surface area (Å²) in [6.07, 6.45) is 3.89. The minimum atomic E-state index is -0.460. The number of nitrogens with two attached hydrogens (primary N) is 1. The van der Waals surface area contributed by atoms with E-state index in [1.165, 1.54) is 0 Å². The number of hydrogen-bond donors (Lipinski definition) is 3. The summed E-state index contributed by atoms with van der Waals surface area (Å²) in [6, 6.07) is -0.225. The highest BCUT2D eigenvalue weighted by Gasteiger charge is 2.30. The Morgan fingerprint density at radius 1 is 1.35 bits per heavy atom. The van der Waals surface area contributed by atoms with Crippen LogP contribution in [-0.4, -0.2) is 29.7 Å². The standard InChI is InChI=1S/C13H26N2O2/c1-13(2,3)11(14)12(17)15-10-6-4-9(8-16)5-7-10/h9-11,16H,4-8,14H2,1-3H3,(H,15,17)/t9?,10?,11-/m1/s1. The average molecular weight is 242 g/mol. The molecule has 1 aliphatic carbocycles. The minimum absolute atomic E-state index is 0.0510. The molecule has 1 saturated carbocycles. The first-order valence-electron chi connectivity index (χ1n) is 6.51. The van der Waals surface area contributed by atoms with Crippen molar-refractivity contribution < 1.29 is 9.90 Å². The maximum absolute atomic E-state index is 11.9. The molecule has 4 heteroatoms. The molecule has 1 amide bonds. The fraction of sp³-hybridized carbons (Fsp3) is 0.923. The summed E-state index contributed by atoms with van der Waals surface area (Å²) in [5.41, 5.74) is 5.71. The van der Waals surface area contributed by atoms with E-state index in [4.69, 9.17) is 10.8 Å². The van der Waals surface area contributed by atoms with Crippen LogP contribution in [0.4, 0.5) is 0 Å². The minimum Gasteiger partial charge on any atom is -0.396 e. The Morgan fingerprint density at radius 2 is 1.88 bits per heavy atom. The molecule has 4 nitrogen and oxygen atoms in total. The predicted octanol–water partition coefficient (Wildman–Crippen LogP) is 1.03. The molecule has 0 bridgehead atoms. The lowest BCUT2D eigenvalue weighted by molar-refractivity contribution is -0.125. The highest BCUT2D eigenvalue weighted by Crippen LogP contribution is 2.24. The average Bonchev–Trinajstić information content (AvgIpc) is 2.27. The molecular formula is C13H26N2O2. The third-order valence-electron chi connectivity index (χ3n) is 3.67. The molecule has 1 fully saturated rings. The molecule has 0 unspecified atom stereocenters. The Bertz CT molecular complexity index is 253. The summed E-state index contributed by atoms with van der Waals surface area (Å²) in [5.74, 6) is 0.365. The fourth-order valence-corrected chi connectivity index (χ4v) is 2.17. The smallest absolute Gasteiger partial charge is 0.237 e. The van der Waals surface area contributed by atoms with Crippen LogP contribution in [0, 0.1) is 11.3 Å². The van der Waals surface area contributed by atoms with Gasteiger partial charge in [0.2, 0.25) is 5.91 Å². The van der Waals surface area contributed by atoms with E-state index in [0.717, 1.165) is 25.7 Å². The van der Waals surface area contributed by atoms with E-state index >= 15 is 0 Å². The van der Waals surface area contributed by atoms with E-state index in [1.54, 1.807) is 0 Å². The summed E-state index contributed by atoms with van der Waals surface area (Å²) < 4.78 is 0. The second-order valence-corrected chi connectivity index (χ2v) is 6.25. The van der Waals surface area contributed by atoms with Crippen LogP contribution in [0.15, 0.2) is 0 Å². The van der Waals surface area contributed by atoms with Gasteiger partial charge in [-0.1, -0.05) is 20.8 Å². The zero-order valence-electron chi connectivity index (χ0n) is 11.2. The molecule has 4 N–H and O–H groups in total. The van der Waals surface area contributed by atoms with Crippen molar-refractivity contribution in [3.63, 3.8) is 0 Å². The number of rotatable bonds is 3. The van der Waals surface area contributed by atoms with Gasteiger partial charge in [0, 0.05) is 12.6 Å². The van der Waals surface area contributed by atoms with Crippen LogP contribution in [0.3, 0.4) is 0 Å². The van der Waals surface area contributed by atoms with Crippen LogP contribution in [0.5, 0.6) is 0 Å². The Balaban J connectivity index is 2.38. The van der Waals surface area contributed by atoms with Gasteiger partial charge in [0.05, 0.1) is 6.04 Å². The van der Waals surface area contributed by atoms with Crippen molar-refractivity contribution in [3.8, 4) is 0 Å². The first kappa shape index (κ1) is 14.5. The van der Waals surface area contributed by atoms with Gasteiger partial charge in [0.25, 0.3) is 0 Å². The molecular weight excluding hydrogens is 216 g/mol. The third kappa shape index (κ3) is 4.28. The van der Waals surface area contributed by atoms with Crippen LogP contribution in [0.2, 0.25) is 0 Å². The number of hydrogen-bond acceptors (Lipinski definition) is 3. The quantitative estimate of drug-likeness (QED) is 0.692. The SMILES string of the molecule is CC(C)(C)[C@H](N)C(=O)NC1CCC(CO)CC1. The van der Waals surface area contributed by atoms with Crippen molar-refractivity contribution in [3.05, 3.63) is 0 Å². The largest absolute Gasteiger partial charge is 0.396 e. The van der Waals surface area contributed by atoms with Crippen molar-refractivity contribution >= 4 is 5.91 Å². The Kier molecular flexibility index (Phi) is 4.95. The first-order valence-corrected chi connectivity index (χ1v) is 6.51. The molecule has 1 aliphatic rings. The molecule has 1 rings (SSSR count). The number of aliphatic hydroxyl groups excluding tert-OH is 1. The molecule has 100 valence electrons. The first-order chi connectivity index (χ1) is 7.84. The lowest BCUT2D eigenvalue weighted by atomic mass is 9.84. The van der Waals surface area contributed by atoms with Gasteiger partial charge in [-0.25, -0.2) is 0 Å². The number of carbonyl (C=O) groups is 1. The number of amides is 1. The lowest BCUT2D eigenvalue weighted by Gasteiger charge is -2.31. The third-order valence-corrected chi connectivity index (χ3v) is 3.67. The number of aliphatic hydroxyl groups is 1. The molecule has 0 aromatic heterocycles. The Morgan fingerprint density at radius 3 is 2.29 bits per heavy atom. The summed E-state index contributed by atoms with van der Waals surface area (Å²) in [5, 5.41) is 12.1. The predicted molar refractivity (Wildman–Crippen MR) is 68.4 cm³/mol.